The molecule has 2 fully saturated rings. The topological polar surface area (TPSA) is 48.4 Å². The summed E-state index contributed by atoms with van der Waals surface area (Å²) in [6, 6.07) is 5.62. The van der Waals surface area contributed by atoms with Gasteiger partial charge in [0.1, 0.15) is 5.82 Å². The van der Waals surface area contributed by atoms with Crippen LogP contribution >= 0.6 is 0 Å². The fourth-order valence-electron chi connectivity index (χ4n) is 3.79. The average molecular weight is 275 g/mol. The molecule has 0 spiro atoms. The summed E-state index contributed by atoms with van der Waals surface area (Å²) < 4.78 is 0. The molecular formula is C16H25N3O. The van der Waals surface area contributed by atoms with Crippen LogP contribution in [0.25, 0.3) is 0 Å². The first-order chi connectivity index (χ1) is 9.69. The maximum Gasteiger partial charge on any atom is 0.129 e. The van der Waals surface area contributed by atoms with Crippen molar-refractivity contribution in [1.29, 1.82) is 0 Å². The summed E-state index contributed by atoms with van der Waals surface area (Å²) in [6.07, 6.45) is 5.97. The Morgan fingerprint density at radius 1 is 1.40 bits per heavy atom. The van der Waals surface area contributed by atoms with Crippen molar-refractivity contribution in [2.45, 2.75) is 63.8 Å². The SMILES string of the molecule is CCNC(C)c1ccnc(N2C3CCC2CC(O)C3)c1. The van der Waals surface area contributed by atoms with Crippen molar-refractivity contribution in [2.75, 3.05) is 11.4 Å². The zero-order valence-corrected chi connectivity index (χ0v) is 12.4. The van der Waals surface area contributed by atoms with E-state index in [1.807, 2.05) is 6.20 Å². The minimum Gasteiger partial charge on any atom is -0.393 e. The normalized spacial score (nSPS) is 30.6. The third-order valence-electron chi connectivity index (χ3n) is 4.75. The van der Waals surface area contributed by atoms with E-state index in [9.17, 15) is 5.11 Å². The van der Waals surface area contributed by atoms with Gasteiger partial charge in [-0.1, -0.05) is 6.92 Å². The predicted octanol–water partition coefficient (Wildman–Crippen LogP) is 2.24. The zero-order chi connectivity index (χ0) is 14.1. The fourth-order valence-corrected chi connectivity index (χ4v) is 3.79. The Balaban J connectivity index is 1.82. The molecule has 3 heterocycles. The molecule has 2 aliphatic rings. The minimum absolute atomic E-state index is 0.118. The second-order valence-electron chi connectivity index (χ2n) is 6.14. The van der Waals surface area contributed by atoms with Crippen molar-refractivity contribution in [1.82, 2.24) is 10.3 Å². The lowest BCUT2D eigenvalue weighted by Crippen LogP contribution is -2.45. The quantitative estimate of drug-likeness (QED) is 0.885. The monoisotopic (exact) mass is 275 g/mol. The van der Waals surface area contributed by atoms with Crippen molar-refractivity contribution in [3.63, 3.8) is 0 Å². The summed E-state index contributed by atoms with van der Waals surface area (Å²) in [5, 5.41) is 13.4. The molecule has 2 N–H and O–H groups in total. The minimum atomic E-state index is -0.118. The van der Waals surface area contributed by atoms with Crippen LogP contribution in [0.1, 0.15) is 51.1 Å². The molecule has 2 bridgehead atoms. The van der Waals surface area contributed by atoms with Crippen LogP contribution in [-0.4, -0.2) is 34.8 Å². The highest BCUT2D eigenvalue weighted by molar-refractivity contribution is 5.46. The van der Waals surface area contributed by atoms with Gasteiger partial charge in [-0.15, -0.1) is 0 Å². The van der Waals surface area contributed by atoms with Gasteiger partial charge in [0.2, 0.25) is 0 Å². The molecule has 3 atom stereocenters. The third kappa shape index (κ3) is 2.54. The second-order valence-corrected chi connectivity index (χ2v) is 6.14. The second kappa shape index (κ2) is 5.70. The lowest BCUT2D eigenvalue weighted by Gasteiger charge is -2.38. The standard InChI is InChI=1S/C16H25N3O/c1-3-17-11(2)12-6-7-18-16(8-12)19-13-4-5-14(19)10-15(20)9-13/h6-8,11,13-15,17,20H,3-5,9-10H2,1-2H3. The summed E-state index contributed by atoms with van der Waals surface area (Å²) in [5.41, 5.74) is 1.29. The molecule has 20 heavy (non-hydrogen) atoms. The van der Waals surface area contributed by atoms with Crippen LogP contribution in [0.2, 0.25) is 0 Å². The van der Waals surface area contributed by atoms with Crippen molar-refractivity contribution in [3.05, 3.63) is 23.9 Å². The lowest BCUT2D eigenvalue weighted by atomic mass is 9.99. The van der Waals surface area contributed by atoms with Gasteiger partial charge in [0.15, 0.2) is 0 Å². The molecule has 110 valence electrons. The van der Waals surface area contributed by atoms with Crippen molar-refractivity contribution < 1.29 is 5.11 Å². The van der Waals surface area contributed by atoms with Gasteiger partial charge in [0, 0.05) is 24.3 Å². The summed E-state index contributed by atoms with van der Waals surface area (Å²) in [4.78, 5) is 7.04. The highest BCUT2D eigenvalue weighted by atomic mass is 16.3. The van der Waals surface area contributed by atoms with E-state index in [1.54, 1.807) is 0 Å². The molecule has 1 aromatic rings. The van der Waals surface area contributed by atoms with Gasteiger partial charge in [-0.2, -0.15) is 0 Å². The molecule has 3 unspecified atom stereocenters. The number of aliphatic hydroxyl groups excluding tert-OH is 1. The van der Waals surface area contributed by atoms with Gasteiger partial charge < -0.3 is 15.3 Å². The van der Waals surface area contributed by atoms with Gasteiger partial charge in [0.05, 0.1) is 6.10 Å². The molecule has 4 nitrogen and oxygen atoms in total. The van der Waals surface area contributed by atoms with Gasteiger partial charge in [-0.25, -0.2) is 4.98 Å². The summed E-state index contributed by atoms with van der Waals surface area (Å²) in [6.45, 7) is 5.29. The van der Waals surface area contributed by atoms with E-state index in [0.29, 0.717) is 18.1 Å². The van der Waals surface area contributed by atoms with E-state index in [2.05, 4.69) is 41.2 Å². The van der Waals surface area contributed by atoms with E-state index in [0.717, 1.165) is 25.2 Å². The molecule has 3 rings (SSSR count). The van der Waals surface area contributed by atoms with Gasteiger partial charge in [0.25, 0.3) is 0 Å². The van der Waals surface area contributed by atoms with Crippen LogP contribution in [-0.2, 0) is 0 Å². The zero-order valence-electron chi connectivity index (χ0n) is 12.4. The Kier molecular flexibility index (Phi) is 3.94. The van der Waals surface area contributed by atoms with Crippen molar-refractivity contribution in [2.24, 2.45) is 0 Å². The molecule has 0 aromatic carbocycles. The number of hydrogen-bond acceptors (Lipinski definition) is 4. The van der Waals surface area contributed by atoms with Crippen molar-refractivity contribution >= 4 is 5.82 Å². The highest BCUT2D eigenvalue weighted by Crippen LogP contribution is 2.38. The van der Waals surface area contributed by atoms with E-state index in [4.69, 9.17) is 0 Å². The predicted molar refractivity (Wildman–Crippen MR) is 80.9 cm³/mol. The maximum atomic E-state index is 9.91. The highest BCUT2D eigenvalue weighted by Gasteiger charge is 2.40. The Hall–Kier alpha value is -1.13. The Bertz CT molecular complexity index is 451. The average Bonchev–Trinajstić information content (AvgIpc) is 2.71. The van der Waals surface area contributed by atoms with Crippen molar-refractivity contribution in [3.8, 4) is 0 Å². The Morgan fingerprint density at radius 2 is 2.10 bits per heavy atom. The van der Waals surface area contributed by atoms with E-state index >= 15 is 0 Å². The largest absolute Gasteiger partial charge is 0.393 e. The summed E-state index contributed by atoms with van der Waals surface area (Å²) >= 11 is 0. The molecule has 0 aliphatic carbocycles. The number of nitrogens with one attached hydrogen (secondary N) is 1. The molecule has 0 radical (unpaired) electrons. The fraction of sp³-hybridized carbons (Fsp3) is 0.688. The molecular weight excluding hydrogens is 250 g/mol. The first-order valence-corrected chi connectivity index (χ1v) is 7.84. The van der Waals surface area contributed by atoms with Crippen LogP contribution in [0.15, 0.2) is 18.3 Å². The Morgan fingerprint density at radius 3 is 2.75 bits per heavy atom. The molecule has 4 heteroatoms. The molecule has 0 amide bonds. The first kappa shape index (κ1) is 13.8. The lowest BCUT2D eigenvalue weighted by molar-refractivity contribution is 0.126. The van der Waals surface area contributed by atoms with E-state index in [1.165, 1.54) is 18.4 Å². The number of pyridine rings is 1. The number of aliphatic hydroxyl groups is 1. The van der Waals surface area contributed by atoms with E-state index in [-0.39, 0.29) is 6.10 Å². The number of aromatic nitrogens is 1. The summed E-state index contributed by atoms with van der Waals surface area (Å²) in [7, 11) is 0. The first-order valence-electron chi connectivity index (χ1n) is 7.84. The maximum absolute atomic E-state index is 9.91. The number of fused-ring (bicyclic) bond motifs is 2. The van der Waals surface area contributed by atoms with Gasteiger partial charge in [-0.05, 0) is 56.8 Å². The number of nitrogens with zero attached hydrogens (tertiary/aromatic N) is 2. The third-order valence-corrected chi connectivity index (χ3v) is 4.75. The van der Waals surface area contributed by atoms with Crippen LogP contribution in [0.3, 0.4) is 0 Å². The smallest absolute Gasteiger partial charge is 0.129 e. The number of rotatable bonds is 4. The molecule has 2 aliphatic heterocycles. The molecule has 2 saturated heterocycles. The van der Waals surface area contributed by atoms with Gasteiger partial charge in [-0.3, -0.25) is 0 Å². The van der Waals surface area contributed by atoms with Gasteiger partial charge >= 0.3 is 0 Å². The number of anilines is 1. The Labute approximate surface area is 121 Å². The number of hydrogen-bond donors (Lipinski definition) is 2. The molecule has 1 aromatic heterocycles. The number of piperidine rings is 1. The van der Waals surface area contributed by atoms with E-state index < -0.39 is 0 Å². The van der Waals surface area contributed by atoms with Crippen LogP contribution in [0.5, 0.6) is 0 Å². The van der Waals surface area contributed by atoms with Crippen LogP contribution in [0, 0.1) is 0 Å². The van der Waals surface area contributed by atoms with Crippen LogP contribution in [0.4, 0.5) is 5.82 Å². The van der Waals surface area contributed by atoms with Crippen LogP contribution < -0.4 is 10.2 Å². The molecule has 0 saturated carbocycles. The summed E-state index contributed by atoms with van der Waals surface area (Å²) in [5.74, 6) is 1.09.